The number of nitrogens with one attached hydrogen (secondary N) is 1. The summed E-state index contributed by atoms with van der Waals surface area (Å²) in [5.41, 5.74) is 0. The number of carboxylic acid groups (broad SMARTS) is 1. The Kier molecular flexibility index (Phi) is 5.22. The van der Waals surface area contributed by atoms with E-state index in [0.717, 1.165) is 13.1 Å². The number of hydrogen-bond acceptors (Lipinski definition) is 3. The number of nitrogens with zero attached hydrogens (tertiary/aromatic N) is 1. The highest BCUT2D eigenvalue weighted by Crippen LogP contribution is 2.17. The Balaban J connectivity index is 2.13. The first-order valence-corrected chi connectivity index (χ1v) is 6.18. The summed E-state index contributed by atoms with van der Waals surface area (Å²) in [4.78, 5) is 13.1. The lowest BCUT2D eigenvalue weighted by Crippen LogP contribution is -2.33. The van der Waals surface area contributed by atoms with E-state index in [1.165, 1.54) is 13.0 Å². The van der Waals surface area contributed by atoms with Crippen LogP contribution in [0.1, 0.15) is 27.2 Å². The zero-order valence-corrected chi connectivity index (χ0v) is 10.6. The molecule has 0 spiro atoms. The molecule has 4 heteroatoms. The van der Waals surface area contributed by atoms with Gasteiger partial charge in [0.1, 0.15) is 0 Å². The van der Waals surface area contributed by atoms with Gasteiger partial charge in [0.05, 0.1) is 5.92 Å². The van der Waals surface area contributed by atoms with Crippen LogP contribution in [-0.2, 0) is 4.79 Å². The van der Waals surface area contributed by atoms with E-state index in [4.69, 9.17) is 5.11 Å². The highest BCUT2D eigenvalue weighted by molar-refractivity contribution is 5.69. The van der Waals surface area contributed by atoms with Gasteiger partial charge in [-0.3, -0.25) is 4.79 Å². The first kappa shape index (κ1) is 13.5. The van der Waals surface area contributed by atoms with Crippen LogP contribution in [0.5, 0.6) is 0 Å². The molecule has 0 aliphatic carbocycles. The van der Waals surface area contributed by atoms with Crippen LogP contribution in [0.2, 0.25) is 0 Å². The summed E-state index contributed by atoms with van der Waals surface area (Å²) >= 11 is 0. The van der Waals surface area contributed by atoms with Crippen LogP contribution >= 0.6 is 0 Å². The summed E-state index contributed by atoms with van der Waals surface area (Å²) in [6.07, 6.45) is 1.23. The normalized spacial score (nSPS) is 23.9. The number of carboxylic acids is 1. The van der Waals surface area contributed by atoms with Crippen LogP contribution < -0.4 is 5.32 Å². The zero-order chi connectivity index (χ0) is 12.1. The van der Waals surface area contributed by atoms with Gasteiger partial charge in [-0.05, 0) is 39.3 Å². The molecule has 0 amide bonds. The number of rotatable bonds is 6. The molecule has 1 rings (SSSR count). The van der Waals surface area contributed by atoms with Crippen LogP contribution in [-0.4, -0.2) is 48.2 Å². The van der Waals surface area contributed by atoms with Crippen molar-refractivity contribution in [2.45, 2.75) is 33.2 Å². The van der Waals surface area contributed by atoms with Crippen LogP contribution in [0.15, 0.2) is 0 Å². The molecule has 94 valence electrons. The van der Waals surface area contributed by atoms with E-state index in [0.29, 0.717) is 18.5 Å². The standard InChI is InChI=1S/C12H24N2O2/c1-9(2)14-5-4-11(8-14)7-13-6-10(3)12(15)16/h9-11,13H,4-8H2,1-3H3,(H,15,16). The van der Waals surface area contributed by atoms with E-state index >= 15 is 0 Å². The van der Waals surface area contributed by atoms with Crippen molar-refractivity contribution in [3.8, 4) is 0 Å². The molecule has 16 heavy (non-hydrogen) atoms. The second-order valence-corrected chi connectivity index (χ2v) is 5.14. The van der Waals surface area contributed by atoms with E-state index < -0.39 is 5.97 Å². The maximum Gasteiger partial charge on any atom is 0.307 e. The van der Waals surface area contributed by atoms with Crippen molar-refractivity contribution < 1.29 is 9.90 Å². The lowest BCUT2D eigenvalue weighted by atomic mass is 10.1. The highest BCUT2D eigenvalue weighted by atomic mass is 16.4. The Labute approximate surface area is 98.0 Å². The molecule has 0 bridgehead atoms. The highest BCUT2D eigenvalue weighted by Gasteiger charge is 2.23. The van der Waals surface area contributed by atoms with Crippen molar-refractivity contribution >= 4 is 5.97 Å². The summed E-state index contributed by atoms with van der Waals surface area (Å²) in [7, 11) is 0. The first-order valence-electron chi connectivity index (χ1n) is 6.18. The molecule has 0 radical (unpaired) electrons. The fourth-order valence-electron chi connectivity index (χ4n) is 2.09. The third-order valence-corrected chi connectivity index (χ3v) is 3.35. The molecule has 1 aliphatic heterocycles. The SMILES string of the molecule is CC(CNCC1CCN(C(C)C)C1)C(=O)O. The third-order valence-electron chi connectivity index (χ3n) is 3.35. The minimum Gasteiger partial charge on any atom is -0.481 e. The average molecular weight is 228 g/mol. The van der Waals surface area contributed by atoms with Crippen molar-refractivity contribution in [3.63, 3.8) is 0 Å². The topological polar surface area (TPSA) is 52.6 Å². The average Bonchev–Trinajstić information content (AvgIpc) is 2.66. The smallest absolute Gasteiger partial charge is 0.307 e. The van der Waals surface area contributed by atoms with E-state index in [2.05, 4.69) is 24.1 Å². The van der Waals surface area contributed by atoms with Crippen LogP contribution in [0.3, 0.4) is 0 Å². The zero-order valence-electron chi connectivity index (χ0n) is 10.6. The Morgan fingerprint density at radius 1 is 1.50 bits per heavy atom. The molecule has 0 saturated carbocycles. The summed E-state index contributed by atoms with van der Waals surface area (Å²) in [6, 6.07) is 0.628. The fourth-order valence-corrected chi connectivity index (χ4v) is 2.09. The van der Waals surface area contributed by atoms with Crippen LogP contribution in [0.4, 0.5) is 0 Å². The molecule has 4 nitrogen and oxygen atoms in total. The fraction of sp³-hybridized carbons (Fsp3) is 0.917. The molecule has 0 aromatic carbocycles. The number of carbonyl (C=O) groups is 1. The first-order chi connectivity index (χ1) is 7.50. The lowest BCUT2D eigenvalue weighted by Gasteiger charge is -2.20. The quantitative estimate of drug-likeness (QED) is 0.713. The van der Waals surface area contributed by atoms with Crippen molar-refractivity contribution in [3.05, 3.63) is 0 Å². The minimum atomic E-state index is -0.720. The molecule has 2 N–H and O–H groups in total. The van der Waals surface area contributed by atoms with Crippen LogP contribution in [0, 0.1) is 11.8 Å². The maximum absolute atomic E-state index is 10.6. The summed E-state index contributed by atoms with van der Waals surface area (Å²) < 4.78 is 0. The second-order valence-electron chi connectivity index (χ2n) is 5.14. The molecule has 1 saturated heterocycles. The molecule has 2 unspecified atom stereocenters. The molecule has 2 atom stereocenters. The van der Waals surface area contributed by atoms with Gasteiger partial charge in [-0.15, -0.1) is 0 Å². The second kappa shape index (κ2) is 6.21. The van der Waals surface area contributed by atoms with Gasteiger partial charge < -0.3 is 15.3 Å². The van der Waals surface area contributed by atoms with Crippen molar-refractivity contribution in [2.75, 3.05) is 26.2 Å². The molecule has 0 aromatic rings. The molecule has 1 fully saturated rings. The maximum atomic E-state index is 10.6. The summed E-state index contributed by atoms with van der Waals surface area (Å²) in [5.74, 6) is -0.325. The predicted octanol–water partition coefficient (Wildman–Crippen LogP) is 1.03. The van der Waals surface area contributed by atoms with Gasteiger partial charge in [0.2, 0.25) is 0 Å². The van der Waals surface area contributed by atoms with Gasteiger partial charge in [-0.1, -0.05) is 6.92 Å². The lowest BCUT2D eigenvalue weighted by molar-refractivity contribution is -0.140. The Hall–Kier alpha value is -0.610. The van der Waals surface area contributed by atoms with Gasteiger partial charge in [0.25, 0.3) is 0 Å². The Morgan fingerprint density at radius 3 is 2.69 bits per heavy atom. The molecule has 0 aromatic heterocycles. The van der Waals surface area contributed by atoms with Gasteiger partial charge in [0.15, 0.2) is 0 Å². The van der Waals surface area contributed by atoms with Crippen LogP contribution in [0.25, 0.3) is 0 Å². The van der Waals surface area contributed by atoms with Gasteiger partial charge in [0, 0.05) is 19.1 Å². The number of aliphatic carboxylic acids is 1. The molecular weight excluding hydrogens is 204 g/mol. The summed E-state index contributed by atoms with van der Waals surface area (Å²) in [5, 5.41) is 12.0. The van der Waals surface area contributed by atoms with Crippen molar-refractivity contribution in [1.82, 2.24) is 10.2 Å². The third kappa shape index (κ3) is 4.10. The molecular formula is C12H24N2O2. The van der Waals surface area contributed by atoms with Gasteiger partial charge in [-0.25, -0.2) is 0 Å². The van der Waals surface area contributed by atoms with E-state index in [-0.39, 0.29) is 5.92 Å². The minimum absolute atomic E-state index is 0.289. The molecule has 1 aliphatic rings. The number of likely N-dealkylation sites (tertiary alicyclic amines) is 1. The number of hydrogen-bond donors (Lipinski definition) is 2. The van der Waals surface area contributed by atoms with Crippen molar-refractivity contribution in [1.29, 1.82) is 0 Å². The largest absolute Gasteiger partial charge is 0.481 e. The Morgan fingerprint density at radius 2 is 2.19 bits per heavy atom. The van der Waals surface area contributed by atoms with Crippen molar-refractivity contribution in [2.24, 2.45) is 11.8 Å². The van der Waals surface area contributed by atoms with Gasteiger partial charge >= 0.3 is 5.97 Å². The van der Waals surface area contributed by atoms with Gasteiger partial charge in [-0.2, -0.15) is 0 Å². The predicted molar refractivity (Wildman–Crippen MR) is 64.5 cm³/mol. The van der Waals surface area contributed by atoms with E-state index in [9.17, 15) is 4.79 Å². The monoisotopic (exact) mass is 228 g/mol. The molecule has 1 heterocycles. The summed E-state index contributed by atoms with van der Waals surface area (Å²) in [6.45, 7) is 10.0. The Bertz CT molecular complexity index is 231. The van der Waals surface area contributed by atoms with E-state index in [1.54, 1.807) is 6.92 Å². The van der Waals surface area contributed by atoms with E-state index in [1.807, 2.05) is 0 Å².